The number of nitrogen functional groups attached to an aromatic ring is 1. The fourth-order valence-corrected chi connectivity index (χ4v) is 2.26. The third kappa shape index (κ3) is 2.97. The van der Waals surface area contributed by atoms with Crippen LogP contribution in [0.25, 0.3) is 0 Å². The van der Waals surface area contributed by atoms with E-state index in [0.717, 1.165) is 18.7 Å². The number of nitriles is 1. The lowest BCUT2D eigenvalue weighted by atomic mass is 10.1. The number of nitrogens with two attached hydrogens (primary N) is 1. The Balaban J connectivity index is 2.39. The van der Waals surface area contributed by atoms with Crippen molar-refractivity contribution < 1.29 is 0 Å². The third-order valence-electron chi connectivity index (χ3n) is 3.12. The standard InChI is InChI=1S/C16H19N3/c1-12(2)11-19-14(10-17)9-15(18)16(19)8-13-6-4-3-5-7-13/h3-7,9,12H,8,11,18H2,1-2H3. The second-order valence-corrected chi connectivity index (χ2v) is 5.21. The van der Waals surface area contributed by atoms with Crippen LogP contribution in [0.3, 0.4) is 0 Å². The van der Waals surface area contributed by atoms with E-state index in [-0.39, 0.29) is 0 Å². The highest BCUT2D eigenvalue weighted by atomic mass is 15.0. The monoisotopic (exact) mass is 253 g/mol. The molecule has 1 aromatic heterocycles. The number of benzene rings is 1. The molecule has 0 aliphatic carbocycles. The normalized spacial score (nSPS) is 10.6. The Bertz CT molecular complexity index is 588. The number of hydrogen-bond donors (Lipinski definition) is 1. The lowest BCUT2D eigenvalue weighted by Gasteiger charge is -2.13. The fourth-order valence-electron chi connectivity index (χ4n) is 2.26. The van der Waals surface area contributed by atoms with Gasteiger partial charge >= 0.3 is 0 Å². The minimum Gasteiger partial charge on any atom is -0.397 e. The van der Waals surface area contributed by atoms with Crippen LogP contribution in [0.5, 0.6) is 0 Å². The largest absolute Gasteiger partial charge is 0.397 e. The molecule has 3 heteroatoms. The van der Waals surface area contributed by atoms with Crippen molar-refractivity contribution in [3.05, 3.63) is 53.3 Å². The molecule has 0 spiro atoms. The summed E-state index contributed by atoms with van der Waals surface area (Å²) in [5, 5.41) is 9.21. The Morgan fingerprint density at radius 1 is 1.26 bits per heavy atom. The van der Waals surface area contributed by atoms with Crippen LogP contribution < -0.4 is 5.73 Å². The van der Waals surface area contributed by atoms with Gasteiger partial charge in [-0.25, -0.2) is 0 Å². The maximum absolute atomic E-state index is 9.21. The summed E-state index contributed by atoms with van der Waals surface area (Å²) in [6.45, 7) is 5.11. The lowest BCUT2D eigenvalue weighted by molar-refractivity contribution is 0.511. The van der Waals surface area contributed by atoms with Crippen molar-refractivity contribution >= 4 is 5.69 Å². The minimum absolute atomic E-state index is 0.480. The van der Waals surface area contributed by atoms with Crippen LogP contribution in [-0.4, -0.2) is 4.57 Å². The molecule has 0 bridgehead atoms. The summed E-state index contributed by atoms with van der Waals surface area (Å²) >= 11 is 0. The summed E-state index contributed by atoms with van der Waals surface area (Å²) in [4.78, 5) is 0. The van der Waals surface area contributed by atoms with E-state index in [1.807, 2.05) is 22.8 Å². The summed E-state index contributed by atoms with van der Waals surface area (Å²) in [6, 6.07) is 14.2. The maximum atomic E-state index is 9.21. The van der Waals surface area contributed by atoms with Crippen LogP contribution in [0.4, 0.5) is 5.69 Å². The van der Waals surface area contributed by atoms with Crippen LogP contribution in [0.1, 0.15) is 30.8 Å². The van der Waals surface area contributed by atoms with Crippen molar-refractivity contribution in [1.82, 2.24) is 4.57 Å². The van der Waals surface area contributed by atoms with E-state index in [1.54, 1.807) is 6.07 Å². The molecule has 3 nitrogen and oxygen atoms in total. The predicted molar refractivity (Wildman–Crippen MR) is 77.6 cm³/mol. The van der Waals surface area contributed by atoms with Gasteiger partial charge in [-0.1, -0.05) is 44.2 Å². The predicted octanol–water partition coefficient (Wildman–Crippen LogP) is 3.19. The van der Waals surface area contributed by atoms with Crippen molar-refractivity contribution in [3.63, 3.8) is 0 Å². The molecule has 0 aliphatic heterocycles. The second kappa shape index (κ2) is 5.62. The molecule has 1 heterocycles. The van der Waals surface area contributed by atoms with E-state index in [0.29, 0.717) is 17.3 Å². The van der Waals surface area contributed by atoms with Gasteiger partial charge in [0.2, 0.25) is 0 Å². The van der Waals surface area contributed by atoms with Crippen molar-refractivity contribution in [1.29, 1.82) is 5.26 Å². The zero-order chi connectivity index (χ0) is 13.8. The smallest absolute Gasteiger partial charge is 0.122 e. The maximum Gasteiger partial charge on any atom is 0.122 e. The Hall–Kier alpha value is -2.21. The minimum atomic E-state index is 0.480. The zero-order valence-electron chi connectivity index (χ0n) is 11.4. The molecule has 0 amide bonds. The molecule has 2 rings (SSSR count). The molecule has 98 valence electrons. The summed E-state index contributed by atoms with van der Waals surface area (Å²) in [5.41, 5.74) is 9.68. The third-order valence-corrected chi connectivity index (χ3v) is 3.12. The summed E-state index contributed by atoms with van der Waals surface area (Å²) in [6.07, 6.45) is 0.765. The molecule has 0 atom stereocenters. The molecule has 2 aromatic rings. The molecule has 19 heavy (non-hydrogen) atoms. The summed E-state index contributed by atoms with van der Waals surface area (Å²) < 4.78 is 2.05. The van der Waals surface area contributed by atoms with Crippen molar-refractivity contribution in [3.8, 4) is 6.07 Å². The molecule has 0 radical (unpaired) electrons. The summed E-state index contributed by atoms with van der Waals surface area (Å²) in [5.74, 6) is 0.480. The van der Waals surface area contributed by atoms with Crippen LogP contribution in [0, 0.1) is 17.2 Å². The first-order chi connectivity index (χ1) is 9.11. The van der Waals surface area contributed by atoms with Crippen LogP contribution in [0.2, 0.25) is 0 Å². The molecule has 1 aromatic carbocycles. The van der Waals surface area contributed by atoms with E-state index in [1.165, 1.54) is 5.56 Å². The molecule has 0 saturated carbocycles. The van der Waals surface area contributed by atoms with Gasteiger partial charge in [0.15, 0.2) is 0 Å². The Morgan fingerprint density at radius 2 is 1.95 bits per heavy atom. The van der Waals surface area contributed by atoms with Gasteiger partial charge in [0.05, 0.1) is 5.69 Å². The lowest BCUT2D eigenvalue weighted by Crippen LogP contribution is -2.11. The molecule has 0 aliphatic rings. The zero-order valence-corrected chi connectivity index (χ0v) is 11.4. The van der Waals surface area contributed by atoms with Gasteiger partial charge in [0.25, 0.3) is 0 Å². The SMILES string of the molecule is CC(C)Cn1c(C#N)cc(N)c1Cc1ccccc1. The van der Waals surface area contributed by atoms with Gasteiger partial charge in [0.1, 0.15) is 11.8 Å². The van der Waals surface area contributed by atoms with Gasteiger partial charge in [-0.15, -0.1) is 0 Å². The van der Waals surface area contributed by atoms with Crippen molar-refractivity contribution in [2.24, 2.45) is 5.92 Å². The number of aromatic nitrogens is 1. The highest BCUT2D eigenvalue weighted by Gasteiger charge is 2.14. The Kier molecular flexibility index (Phi) is 3.91. The van der Waals surface area contributed by atoms with E-state index in [2.05, 4.69) is 32.0 Å². The first kappa shape index (κ1) is 13.2. The van der Waals surface area contributed by atoms with Crippen molar-refractivity contribution in [2.75, 3.05) is 5.73 Å². The number of hydrogen-bond acceptors (Lipinski definition) is 2. The first-order valence-corrected chi connectivity index (χ1v) is 6.53. The van der Waals surface area contributed by atoms with Gasteiger partial charge in [-0.3, -0.25) is 0 Å². The van der Waals surface area contributed by atoms with E-state index in [9.17, 15) is 5.26 Å². The molecule has 0 fully saturated rings. The van der Waals surface area contributed by atoms with E-state index >= 15 is 0 Å². The van der Waals surface area contributed by atoms with E-state index in [4.69, 9.17) is 5.73 Å². The van der Waals surface area contributed by atoms with Crippen molar-refractivity contribution in [2.45, 2.75) is 26.8 Å². The van der Waals surface area contributed by atoms with Crippen LogP contribution >= 0.6 is 0 Å². The number of nitrogens with zero attached hydrogens (tertiary/aromatic N) is 2. The van der Waals surface area contributed by atoms with Gasteiger partial charge in [0, 0.05) is 18.7 Å². The first-order valence-electron chi connectivity index (χ1n) is 6.53. The molecule has 0 unspecified atom stereocenters. The summed E-state index contributed by atoms with van der Waals surface area (Å²) in [7, 11) is 0. The topological polar surface area (TPSA) is 54.7 Å². The molecule has 0 saturated heterocycles. The molecular weight excluding hydrogens is 234 g/mol. The van der Waals surface area contributed by atoms with Gasteiger partial charge < -0.3 is 10.3 Å². The Labute approximate surface area is 114 Å². The highest BCUT2D eigenvalue weighted by molar-refractivity contribution is 5.52. The van der Waals surface area contributed by atoms with E-state index < -0.39 is 0 Å². The quantitative estimate of drug-likeness (QED) is 0.909. The average molecular weight is 253 g/mol. The van der Waals surface area contributed by atoms with Crippen LogP contribution in [0.15, 0.2) is 36.4 Å². The fraction of sp³-hybridized carbons (Fsp3) is 0.312. The highest BCUT2D eigenvalue weighted by Crippen LogP contribution is 2.22. The second-order valence-electron chi connectivity index (χ2n) is 5.21. The number of anilines is 1. The number of rotatable bonds is 4. The molecular formula is C16H19N3. The van der Waals surface area contributed by atoms with Gasteiger partial charge in [-0.05, 0) is 17.5 Å². The Morgan fingerprint density at radius 3 is 2.53 bits per heavy atom. The van der Waals surface area contributed by atoms with Crippen LogP contribution in [-0.2, 0) is 13.0 Å². The molecule has 2 N–H and O–H groups in total. The average Bonchev–Trinajstić information content (AvgIpc) is 2.67. The van der Waals surface area contributed by atoms with Gasteiger partial charge in [-0.2, -0.15) is 5.26 Å².